The number of carbonyl (C=O) groups excluding carboxylic acids is 2. The first-order valence-electron chi connectivity index (χ1n) is 13.4. The molecule has 4 unspecified atom stereocenters. The van der Waals surface area contributed by atoms with E-state index in [1.54, 1.807) is 6.07 Å². The van der Waals surface area contributed by atoms with Crippen LogP contribution < -0.4 is 0 Å². The molecule has 2 aromatic rings. The maximum absolute atomic E-state index is 13.9. The van der Waals surface area contributed by atoms with Crippen LogP contribution in [-0.4, -0.2) is 65.1 Å². The Balaban J connectivity index is 1.80. The highest BCUT2D eigenvalue weighted by Gasteiger charge is 2.54. The number of fused-ring (bicyclic) bond motifs is 1. The smallest absolute Gasteiger partial charge is 0.302 e. The van der Waals surface area contributed by atoms with Crippen LogP contribution in [-0.2, 0) is 14.9 Å². The Hall–Kier alpha value is -3.12. The summed E-state index contributed by atoms with van der Waals surface area (Å²) in [5.41, 5.74) is 1.38. The average Bonchev–Trinajstić information content (AvgIpc) is 2.87. The van der Waals surface area contributed by atoms with Gasteiger partial charge in [-0.1, -0.05) is 50.3 Å². The topological polar surface area (TPSA) is 70.1 Å². The summed E-state index contributed by atoms with van der Waals surface area (Å²) in [6.45, 7) is 12.7. The van der Waals surface area contributed by atoms with Gasteiger partial charge in [-0.15, -0.1) is 6.58 Å². The number of likely N-dealkylation sites (tertiary alicyclic amines) is 1. The highest BCUT2D eigenvalue weighted by atomic mass is 16.5. The van der Waals surface area contributed by atoms with Crippen LogP contribution in [0.5, 0.6) is 5.75 Å². The van der Waals surface area contributed by atoms with Crippen LogP contribution >= 0.6 is 0 Å². The fourth-order valence-corrected chi connectivity index (χ4v) is 6.51. The lowest BCUT2D eigenvalue weighted by atomic mass is 9.56. The monoisotopic (exact) mass is 504 g/mol. The SMILES string of the molecule is C=CCN1CCC2(c3cccc(O)c3)CC(N(CC(C)C)C(=O)c3ccccc3)CC(OC(C)=O)C2C1. The molecule has 2 aliphatic rings. The van der Waals surface area contributed by atoms with E-state index in [4.69, 9.17) is 4.74 Å². The highest BCUT2D eigenvalue weighted by Crippen LogP contribution is 2.51. The summed E-state index contributed by atoms with van der Waals surface area (Å²) in [5.74, 6) is 0.250. The Bertz CT molecular complexity index is 1100. The molecule has 0 spiro atoms. The van der Waals surface area contributed by atoms with Crippen molar-refractivity contribution in [3.63, 3.8) is 0 Å². The zero-order valence-electron chi connectivity index (χ0n) is 22.3. The van der Waals surface area contributed by atoms with E-state index in [2.05, 4.69) is 31.4 Å². The molecule has 6 heteroatoms. The number of benzene rings is 2. The van der Waals surface area contributed by atoms with Crippen molar-refractivity contribution < 1.29 is 19.4 Å². The van der Waals surface area contributed by atoms with Gasteiger partial charge in [-0.25, -0.2) is 0 Å². The minimum absolute atomic E-state index is 0.00878. The Morgan fingerprint density at radius 2 is 1.97 bits per heavy atom. The third-order valence-corrected chi connectivity index (χ3v) is 8.00. The second-order valence-corrected chi connectivity index (χ2v) is 11.1. The molecule has 6 nitrogen and oxygen atoms in total. The molecular weight excluding hydrogens is 464 g/mol. The normalized spacial score (nSPS) is 25.8. The highest BCUT2D eigenvalue weighted by molar-refractivity contribution is 5.94. The predicted molar refractivity (Wildman–Crippen MR) is 145 cm³/mol. The van der Waals surface area contributed by atoms with Crippen LogP contribution in [0.25, 0.3) is 0 Å². The number of aromatic hydroxyl groups is 1. The van der Waals surface area contributed by atoms with E-state index in [0.29, 0.717) is 18.5 Å². The lowest BCUT2D eigenvalue weighted by Gasteiger charge is -2.56. The summed E-state index contributed by atoms with van der Waals surface area (Å²) in [4.78, 5) is 30.6. The first-order valence-corrected chi connectivity index (χ1v) is 13.4. The van der Waals surface area contributed by atoms with Gasteiger partial charge in [-0.2, -0.15) is 0 Å². The van der Waals surface area contributed by atoms with Crippen LogP contribution in [0.1, 0.15) is 56.0 Å². The van der Waals surface area contributed by atoms with Crippen molar-refractivity contribution in [1.29, 1.82) is 0 Å². The van der Waals surface area contributed by atoms with E-state index in [-0.39, 0.29) is 47.0 Å². The van der Waals surface area contributed by atoms with Crippen LogP contribution in [0, 0.1) is 11.8 Å². The zero-order valence-corrected chi connectivity index (χ0v) is 22.3. The number of phenolic OH excluding ortho intramolecular Hbond substituents is 1. The molecule has 0 radical (unpaired) electrons. The number of phenols is 1. The number of esters is 1. The molecule has 37 heavy (non-hydrogen) atoms. The fourth-order valence-electron chi connectivity index (χ4n) is 6.51. The van der Waals surface area contributed by atoms with Crippen LogP contribution in [0.4, 0.5) is 0 Å². The molecular formula is C31H40N2O4. The number of amides is 1. The number of ether oxygens (including phenoxy) is 1. The summed E-state index contributed by atoms with van der Waals surface area (Å²) in [6, 6.07) is 16.8. The third-order valence-electron chi connectivity index (χ3n) is 8.00. The van der Waals surface area contributed by atoms with Crippen molar-refractivity contribution in [2.45, 2.75) is 57.6 Å². The van der Waals surface area contributed by atoms with Crippen molar-refractivity contribution in [2.24, 2.45) is 11.8 Å². The first-order chi connectivity index (χ1) is 17.7. The van der Waals surface area contributed by atoms with Gasteiger partial charge < -0.3 is 14.7 Å². The van der Waals surface area contributed by atoms with E-state index in [0.717, 1.165) is 38.0 Å². The standard InChI is InChI=1S/C31H40N2O4/c1-5-15-32-16-14-31(25-12-9-13-27(35)17-25)19-26(18-29(28(31)21-32)37-23(4)34)33(20-22(2)3)30(36)24-10-7-6-8-11-24/h5-13,17,22,26,28-29,35H,1,14-16,18-21H2,2-4H3. The zero-order chi connectivity index (χ0) is 26.6. The molecule has 2 aromatic carbocycles. The Labute approximate surface area is 220 Å². The molecule has 1 amide bonds. The van der Waals surface area contributed by atoms with Gasteiger partial charge in [0.2, 0.25) is 0 Å². The fraction of sp³-hybridized carbons (Fsp3) is 0.484. The maximum atomic E-state index is 13.9. The minimum atomic E-state index is -0.343. The molecule has 0 aromatic heterocycles. The number of carbonyl (C=O) groups is 2. The largest absolute Gasteiger partial charge is 0.508 e. The van der Waals surface area contributed by atoms with Crippen molar-refractivity contribution in [3.05, 3.63) is 78.4 Å². The Morgan fingerprint density at radius 3 is 2.62 bits per heavy atom. The number of hydrogen-bond acceptors (Lipinski definition) is 5. The average molecular weight is 505 g/mol. The molecule has 1 aliphatic heterocycles. The quantitative estimate of drug-likeness (QED) is 0.403. The Kier molecular flexibility index (Phi) is 8.38. The lowest BCUT2D eigenvalue weighted by Crippen LogP contribution is -2.62. The minimum Gasteiger partial charge on any atom is -0.508 e. The van der Waals surface area contributed by atoms with Crippen molar-refractivity contribution in [3.8, 4) is 5.75 Å². The first kappa shape index (κ1) is 26.9. The molecule has 4 rings (SSSR count). The summed E-state index contributed by atoms with van der Waals surface area (Å²) in [5, 5.41) is 10.4. The number of rotatable bonds is 8. The number of piperidine rings is 1. The number of hydrogen-bond donors (Lipinski definition) is 1. The van der Waals surface area contributed by atoms with Gasteiger partial charge in [0, 0.05) is 55.9 Å². The summed E-state index contributed by atoms with van der Waals surface area (Å²) in [6.07, 6.45) is 3.77. The number of nitrogens with zero attached hydrogens (tertiary/aromatic N) is 2. The van der Waals surface area contributed by atoms with E-state index < -0.39 is 0 Å². The molecule has 1 saturated carbocycles. The third kappa shape index (κ3) is 5.90. The van der Waals surface area contributed by atoms with Gasteiger partial charge in [-0.3, -0.25) is 14.5 Å². The van der Waals surface area contributed by atoms with Crippen molar-refractivity contribution in [2.75, 3.05) is 26.2 Å². The van der Waals surface area contributed by atoms with Gasteiger partial charge in [0.1, 0.15) is 11.9 Å². The molecule has 0 bridgehead atoms. The molecule has 1 aliphatic carbocycles. The maximum Gasteiger partial charge on any atom is 0.302 e. The van der Waals surface area contributed by atoms with Crippen molar-refractivity contribution in [1.82, 2.24) is 9.80 Å². The second-order valence-electron chi connectivity index (χ2n) is 11.1. The van der Waals surface area contributed by atoms with Gasteiger partial charge in [0.15, 0.2) is 0 Å². The van der Waals surface area contributed by atoms with E-state index in [9.17, 15) is 14.7 Å². The predicted octanol–water partition coefficient (Wildman–Crippen LogP) is 5.03. The van der Waals surface area contributed by atoms with Gasteiger partial charge in [0.25, 0.3) is 5.91 Å². The summed E-state index contributed by atoms with van der Waals surface area (Å²) in [7, 11) is 0. The summed E-state index contributed by atoms with van der Waals surface area (Å²) >= 11 is 0. The molecule has 4 atom stereocenters. The molecule has 1 saturated heterocycles. The molecule has 1 N–H and O–H groups in total. The van der Waals surface area contributed by atoms with E-state index >= 15 is 0 Å². The Morgan fingerprint density at radius 1 is 1.22 bits per heavy atom. The summed E-state index contributed by atoms with van der Waals surface area (Å²) < 4.78 is 6.04. The molecule has 198 valence electrons. The van der Waals surface area contributed by atoms with Crippen LogP contribution in [0.3, 0.4) is 0 Å². The van der Waals surface area contributed by atoms with E-state index in [1.807, 2.05) is 53.4 Å². The van der Waals surface area contributed by atoms with E-state index in [1.165, 1.54) is 6.92 Å². The van der Waals surface area contributed by atoms with Crippen molar-refractivity contribution >= 4 is 11.9 Å². The van der Waals surface area contributed by atoms with Crippen LogP contribution in [0.2, 0.25) is 0 Å². The van der Waals surface area contributed by atoms with Gasteiger partial charge >= 0.3 is 5.97 Å². The molecule has 2 fully saturated rings. The van der Waals surface area contributed by atoms with Crippen LogP contribution in [0.15, 0.2) is 67.3 Å². The lowest BCUT2D eigenvalue weighted by molar-refractivity contribution is -0.158. The second kappa shape index (κ2) is 11.5. The van der Waals surface area contributed by atoms with Gasteiger partial charge in [-0.05, 0) is 55.1 Å². The molecule has 1 heterocycles. The van der Waals surface area contributed by atoms with Gasteiger partial charge in [0.05, 0.1) is 0 Å².